The van der Waals surface area contributed by atoms with Gasteiger partial charge in [0.25, 0.3) is 0 Å². The summed E-state index contributed by atoms with van der Waals surface area (Å²) in [5, 5.41) is 13.3. The van der Waals surface area contributed by atoms with Crippen LogP contribution in [0, 0.1) is 11.8 Å². The summed E-state index contributed by atoms with van der Waals surface area (Å²) in [6.07, 6.45) is 4.82. The highest BCUT2D eigenvalue weighted by atomic mass is 32.1. The lowest BCUT2D eigenvalue weighted by Gasteiger charge is -2.22. The SMILES string of the molecule is CCC1CCC(NCC(O)COc2cnsn2)C1C. The summed E-state index contributed by atoms with van der Waals surface area (Å²) < 4.78 is 13.1. The molecule has 1 aliphatic carbocycles. The Morgan fingerprint density at radius 1 is 1.58 bits per heavy atom. The zero-order valence-corrected chi connectivity index (χ0v) is 12.4. The molecule has 2 N–H and O–H groups in total. The molecule has 0 spiro atoms. The Balaban J connectivity index is 1.65. The number of rotatable bonds is 7. The summed E-state index contributed by atoms with van der Waals surface area (Å²) in [5.74, 6) is 2.01. The minimum Gasteiger partial charge on any atom is -0.473 e. The second-order valence-corrected chi connectivity index (χ2v) is 5.89. The molecule has 108 valence electrons. The van der Waals surface area contributed by atoms with E-state index in [2.05, 4.69) is 27.9 Å². The first-order valence-electron chi connectivity index (χ1n) is 7.02. The second kappa shape index (κ2) is 7.17. The standard InChI is InChI=1S/C13H23N3O2S/c1-3-10-4-5-12(9(10)2)14-6-11(17)8-18-13-7-15-19-16-13/h7,9-12,14,17H,3-6,8H2,1-2H3. The van der Waals surface area contributed by atoms with E-state index in [-0.39, 0.29) is 6.61 Å². The Kier molecular flexibility index (Phi) is 5.54. The lowest BCUT2D eigenvalue weighted by atomic mass is 9.93. The van der Waals surface area contributed by atoms with E-state index < -0.39 is 6.10 Å². The normalized spacial score (nSPS) is 28.5. The zero-order chi connectivity index (χ0) is 13.7. The summed E-state index contributed by atoms with van der Waals surface area (Å²) >= 11 is 1.11. The molecule has 1 saturated carbocycles. The number of hydrogen-bond acceptors (Lipinski definition) is 6. The van der Waals surface area contributed by atoms with Gasteiger partial charge in [-0.1, -0.05) is 20.3 Å². The van der Waals surface area contributed by atoms with Crippen LogP contribution in [-0.4, -0.2) is 39.2 Å². The van der Waals surface area contributed by atoms with Crippen LogP contribution in [0.2, 0.25) is 0 Å². The summed E-state index contributed by atoms with van der Waals surface area (Å²) in [6, 6.07) is 0.528. The molecule has 1 aromatic heterocycles. The van der Waals surface area contributed by atoms with Gasteiger partial charge in [0.15, 0.2) is 0 Å². The lowest BCUT2D eigenvalue weighted by molar-refractivity contribution is 0.0996. The van der Waals surface area contributed by atoms with Crippen molar-refractivity contribution in [1.82, 2.24) is 14.1 Å². The van der Waals surface area contributed by atoms with Crippen molar-refractivity contribution in [3.8, 4) is 5.88 Å². The molecule has 5 nitrogen and oxygen atoms in total. The fourth-order valence-corrected chi connectivity index (χ4v) is 3.22. The monoisotopic (exact) mass is 285 g/mol. The summed E-state index contributed by atoms with van der Waals surface area (Å²) in [5.41, 5.74) is 0. The molecule has 19 heavy (non-hydrogen) atoms. The number of ether oxygens (including phenoxy) is 1. The Labute approximate surface area is 118 Å². The third-order valence-electron chi connectivity index (χ3n) is 4.13. The van der Waals surface area contributed by atoms with Gasteiger partial charge in [-0.2, -0.15) is 4.37 Å². The Morgan fingerprint density at radius 3 is 3.05 bits per heavy atom. The van der Waals surface area contributed by atoms with E-state index in [0.29, 0.717) is 24.4 Å². The van der Waals surface area contributed by atoms with Crippen LogP contribution in [-0.2, 0) is 0 Å². The maximum atomic E-state index is 9.89. The molecule has 0 radical (unpaired) electrons. The number of aliphatic hydroxyl groups is 1. The highest BCUT2D eigenvalue weighted by Gasteiger charge is 2.31. The van der Waals surface area contributed by atoms with Crippen LogP contribution in [0.3, 0.4) is 0 Å². The minimum atomic E-state index is -0.505. The van der Waals surface area contributed by atoms with E-state index in [9.17, 15) is 5.11 Å². The number of nitrogens with one attached hydrogen (secondary N) is 1. The van der Waals surface area contributed by atoms with Gasteiger partial charge in [0.2, 0.25) is 5.88 Å². The minimum absolute atomic E-state index is 0.261. The highest BCUT2D eigenvalue weighted by Crippen LogP contribution is 2.33. The second-order valence-electron chi connectivity index (χ2n) is 5.33. The predicted octanol–water partition coefficient (Wildman–Crippen LogP) is 1.69. The number of hydrogen-bond donors (Lipinski definition) is 2. The maximum Gasteiger partial charge on any atom is 0.245 e. The largest absolute Gasteiger partial charge is 0.473 e. The Hall–Kier alpha value is -0.720. The van der Waals surface area contributed by atoms with E-state index in [1.165, 1.54) is 19.3 Å². The molecule has 4 unspecified atom stereocenters. The van der Waals surface area contributed by atoms with Crippen molar-refractivity contribution in [2.24, 2.45) is 11.8 Å². The molecule has 1 heterocycles. The molecule has 4 atom stereocenters. The van der Waals surface area contributed by atoms with Crippen molar-refractivity contribution >= 4 is 11.7 Å². The van der Waals surface area contributed by atoms with Gasteiger partial charge in [0.1, 0.15) is 18.9 Å². The topological polar surface area (TPSA) is 67.3 Å². The van der Waals surface area contributed by atoms with Gasteiger partial charge in [-0.15, -0.1) is 4.37 Å². The maximum absolute atomic E-state index is 9.89. The first-order chi connectivity index (χ1) is 9.20. The van der Waals surface area contributed by atoms with Gasteiger partial charge < -0.3 is 15.2 Å². The van der Waals surface area contributed by atoms with Crippen molar-refractivity contribution in [1.29, 1.82) is 0 Å². The molecule has 0 saturated heterocycles. The molecule has 0 aliphatic heterocycles. The van der Waals surface area contributed by atoms with Gasteiger partial charge in [0, 0.05) is 12.6 Å². The number of aromatic nitrogens is 2. The Bertz CT molecular complexity index is 361. The average Bonchev–Trinajstić information content (AvgIpc) is 3.04. The van der Waals surface area contributed by atoms with Gasteiger partial charge in [-0.25, -0.2) is 0 Å². The van der Waals surface area contributed by atoms with Gasteiger partial charge in [-0.3, -0.25) is 0 Å². The summed E-state index contributed by atoms with van der Waals surface area (Å²) in [6.45, 7) is 5.40. The van der Waals surface area contributed by atoms with Crippen LogP contribution >= 0.6 is 11.7 Å². The average molecular weight is 285 g/mol. The Morgan fingerprint density at radius 2 is 2.42 bits per heavy atom. The molecule has 2 rings (SSSR count). The lowest BCUT2D eigenvalue weighted by Crippen LogP contribution is -2.40. The molecular weight excluding hydrogens is 262 g/mol. The molecule has 6 heteroatoms. The molecular formula is C13H23N3O2S. The van der Waals surface area contributed by atoms with E-state index in [1.54, 1.807) is 6.20 Å². The zero-order valence-electron chi connectivity index (χ0n) is 11.6. The fraction of sp³-hybridized carbons (Fsp3) is 0.846. The highest BCUT2D eigenvalue weighted by molar-refractivity contribution is 6.99. The predicted molar refractivity (Wildman–Crippen MR) is 75.4 cm³/mol. The first-order valence-corrected chi connectivity index (χ1v) is 7.75. The van der Waals surface area contributed by atoms with Crippen LogP contribution < -0.4 is 10.1 Å². The van der Waals surface area contributed by atoms with Gasteiger partial charge in [0.05, 0.1) is 11.7 Å². The number of nitrogens with zero attached hydrogens (tertiary/aromatic N) is 2. The quantitative estimate of drug-likeness (QED) is 0.798. The van der Waals surface area contributed by atoms with E-state index in [0.717, 1.165) is 17.6 Å². The third-order valence-corrected chi connectivity index (χ3v) is 4.59. The molecule has 0 aromatic carbocycles. The fourth-order valence-electron chi connectivity index (χ4n) is 2.86. The smallest absolute Gasteiger partial charge is 0.245 e. The van der Waals surface area contributed by atoms with Crippen molar-refractivity contribution < 1.29 is 9.84 Å². The van der Waals surface area contributed by atoms with E-state index >= 15 is 0 Å². The first kappa shape index (κ1) is 14.7. The molecule has 1 aromatic rings. The van der Waals surface area contributed by atoms with Crippen molar-refractivity contribution in [2.45, 2.75) is 45.3 Å². The van der Waals surface area contributed by atoms with Crippen molar-refractivity contribution in [3.05, 3.63) is 6.20 Å². The van der Waals surface area contributed by atoms with Crippen LogP contribution in [0.25, 0.3) is 0 Å². The van der Waals surface area contributed by atoms with E-state index in [1.807, 2.05) is 0 Å². The van der Waals surface area contributed by atoms with Crippen LogP contribution in [0.1, 0.15) is 33.1 Å². The molecule has 0 bridgehead atoms. The van der Waals surface area contributed by atoms with Crippen molar-refractivity contribution in [3.63, 3.8) is 0 Å². The number of aliphatic hydroxyl groups excluding tert-OH is 1. The van der Waals surface area contributed by atoms with Gasteiger partial charge >= 0.3 is 0 Å². The van der Waals surface area contributed by atoms with Crippen molar-refractivity contribution in [2.75, 3.05) is 13.2 Å². The summed E-state index contributed by atoms with van der Waals surface area (Å²) in [7, 11) is 0. The van der Waals surface area contributed by atoms with Gasteiger partial charge in [-0.05, 0) is 24.7 Å². The van der Waals surface area contributed by atoms with Crippen LogP contribution in [0.15, 0.2) is 6.20 Å². The van der Waals surface area contributed by atoms with E-state index in [4.69, 9.17) is 4.74 Å². The molecule has 1 fully saturated rings. The van der Waals surface area contributed by atoms with Crippen LogP contribution in [0.4, 0.5) is 0 Å². The van der Waals surface area contributed by atoms with Crippen LogP contribution in [0.5, 0.6) is 5.88 Å². The molecule has 0 amide bonds. The third kappa shape index (κ3) is 4.12. The molecule has 1 aliphatic rings. The summed E-state index contributed by atoms with van der Waals surface area (Å²) in [4.78, 5) is 0.